The molecule has 1 saturated heterocycles. The summed E-state index contributed by atoms with van der Waals surface area (Å²) >= 11 is 0. The van der Waals surface area contributed by atoms with E-state index in [1.54, 1.807) is 0 Å². The van der Waals surface area contributed by atoms with Crippen LogP contribution in [0.5, 0.6) is 5.88 Å². The van der Waals surface area contributed by atoms with E-state index >= 15 is 4.39 Å². The van der Waals surface area contributed by atoms with Crippen molar-refractivity contribution in [3.63, 3.8) is 0 Å². The van der Waals surface area contributed by atoms with E-state index in [4.69, 9.17) is 9.84 Å². The highest BCUT2D eigenvalue weighted by Crippen LogP contribution is 2.36. The minimum Gasteiger partial charge on any atom is -0.479 e. The van der Waals surface area contributed by atoms with Crippen LogP contribution in [0.4, 0.5) is 23.5 Å². The summed E-state index contributed by atoms with van der Waals surface area (Å²) in [6, 6.07) is 1.88. The molecule has 10 nitrogen and oxygen atoms in total. The van der Waals surface area contributed by atoms with Crippen LogP contribution < -0.4 is 10.1 Å². The number of aromatic nitrogens is 5. The number of benzene rings is 1. The standard InChI is InChI=1S/C23H23F4N7O3/c1-37-22-21-19(12-6-13(25)20-17(7-12)33(5-3-24)11-28-20)15(27)9-34(21)31-23(30-22)29-16-2-4-32(8-14(16)26)18(36)10-35/h6-7,9,11,14,16,35H,2-5,8,10H2,1H3,(H,29,31)/t14-,16+/m1/s1. The number of aliphatic hydroxyl groups excluding tert-OH is 1. The topological polar surface area (TPSA) is 110 Å². The highest BCUT2D eigenvalue weighted by atomic mass is 19.1. The predicted octanol–water partition coefficient (Wildman–Crippen LogP) is 2.35. The molecule has 1 aliphatic heterocycles. The van der Waals surface area contributed by atoms with Crippen LogP contribution in [0.2, 0.25) is 0 Å². The first-order valence-corrected chi connectivity index (χ1v) is 11.5. The first kappa shape index (κ1) is 24.7. The molecule has 2 N–H and O–H groups in total. The molecule has 0 aliphatic carbocycles. The fourth-order valence-electron chi connectivity index (χ4n) is 4.59. The number of hydrogen-bond donors (Lipinski definition) is 2. The number of halogens is 4. The largest absolute Gasteiger partial charge is 0.479 e. The zero-order valence-corrected chi connectivity index (χ0v) is 19.7. The molecule has 1 aliphatic rings. The van der Waals surface area contributed by atoms with Crippen LogP contribution in [0.25, 0.3) is 27.7 Å². The average molecular weight is 521 g/mol. The minimum absolute atomic E-state index is 0.0309. The lowest BCUT2D eigenvalue weighted by atomic mass is 10.0. The van der Waals surface area contributed by atoms with Crippen LogP contribution in [0.1, 0.15) is 6.42 Å². The van der Waals surface area contributed by atoms with Gasteiger partial charge in [-0.3, -0.25) is 4.79 Å². The smallest absolute Gasteiger partial charge is 0.248 e. The van der Waals surface area contributed by atoms with Crippen molar-refractivity contribution in [2.75, 3.05) is 38.8 Å². The van der Waals surface area contributed by atoms with Gasteiger partial charge in [0.25, 0.3) is 0 Å². The van der Waals surface area contributed by atoms with Crippen molar-refractivity contribution in [3.8, 4) is 17.0 Å². The zero-order valence-electron chi connectivity index (χ0n) is 19.7. The van der Waals surface area contributed by atoms with Crippen LogP contribution in [0.3, 0.4) is 0 Å². The number of likely N-dealkylation sites (tertiary alicyclic amines) is 1. The van der Waals surface area contributed by atoms with Crippen LogP contribution in [0, 0.1) is 11.6 Å². The monoisotopic (exact) mass is 521 g/mol. The van der Waals surface area contributed by atoms with Gasteiger partial charge in [0.15, 0.2) is 11.6 Å². The second-order valence-electron chi connectivity index (χ2n) is 8.60. The molecule has 5 rings (SSSR count). The van der Waals surface area contributed by atoms with Crippen molar-refractivity contribution in [1.29, 1.82) is 0 Å². The van der Waals surface area contributed by atoms with Crippen molar-refractivity contribution in [2.45, 2.75) is 25.2 Å². The fraction of sp³-hybridized carbons (Fsp3) is 0.391. The molecular formula is C23H23F4N7O3. The SMILES string of the molecule is COc1nc(N[C@H]2CCN(C(=O)CO)C[C@H]2F)nn2cc(F)c(-c3cc(F)c4ncn(CCF)c4c3)c12. The lowest BCUT2D eigenvalue weighted by Gasteiger charge is -2.34. The Hall–Kier alpha value is -3.94. The van der Waals surface area contributed by atoms with Crippen LogP contribution >= 0.6 is 0 Å². The molecule has 0 radical (unpaired) electrons. The summed E-state index contributed by atoms with van der Waals surface area (Å²) in [4.78, 5) is 21.1. The first-order chi connectivity index (χ1) is 17.8. The summed E-state index contributed by atoms with van der Waals surface area (Å²) in [6.45, 7) is -1.40. The van der Waals surface area contributed by atoms with E-state index in [9.17, 15) is 18.0 Å². The molecule has 3 aromatic heterocycles. The molecule has 0 spiro atoms. The Morgan fingerprint density at radius 2 is 2.11 bits per heavy atom. The summed E-state index contributed by atoms with van der Waals surface area (Å²) in [5.74, 6) is -2.08. The third kappa shape index (κ3) is 4.41. The molecule has 2 atom stereocenters. The van der Waals surface area contributed by atoms with E-state index < -0.39 is 43.0 Å². The van der Waals surface area contributed by atoms with Gasteiger partial charge >= 0.3 is 0 Å². The number of ether oxygens (including phenoxy) is 1. The second kappa shape index (κ2) is 9.84. The van der Waals surface area contributed by atoms with Gasteiger partial charge in [0.2, 0.25) is 17.7 Å². The summed E-state index contributed by atoms with van der Waals surface area (Å²) < 4.78 is 65.7. The number of piperidine rings is 1. The Bertz CT molecular complexity index is 1470. The molecule has 1 aromatic carbocycles. The maximum Gasteiger partial charge on any atom is 0.248 e. The summed E-state index contributed by atoms with van der Waals surface area (Å²) in [7, 11) is 1.32. The number of aryl methyl sites for hydroxylation is 1. The van der Waals surface area contributed by atoms with Gasteiger partial charge in [-0.25, -0.2) is 27.1 Å². The number of anilines is 1. The molecule has 0 bridgehead atoms. The van der Waals surface area contributed by atoms with E-state index in [0.29, 0.717) is 5.52 Å². The number of fused-ring (bicyclic) bond motifs is 2. The highest BCUT2D eigenvalue weighted by molar-refractivity contribution is 5.90. The van der Waals surface area contributed by atoms with Gasteiger partial charge < -0.3 is 24.6 Å². The molecule has 4 heterocycles. The third-order valence-electron chi connectivity index (χ3n) is 6.38. The molecule has 4 aromatic rings. The number of nitrogens with zero attached hydrogens (tertiary/aromatic N) is 6. The lowest BCUT2D eigenvalue weighted by Crippen LogP contribution is -2.50. The number of amides is 1. The molecule has 14 heteroatoms. The predicted molar refractivity (Wildman–Crippen MR) is 125 cm³/mol. The summed E-state index contributed by atoms with van der Waals surface area (Å²) in [6.07, 6.45) is 1.15. The number of alkyl halides is 2. The number of methoxy groups -OCH3 is 1. The van der Waals surface area contributed by atoms with E-state index in [-0.39, 0.29) is 60.0 Å². The van der Waals surface area contributed by atoms with E-state index in [0.717, 1.165) is 16.8 Å². The molecule has 1 amide bonds. The summed E-state index contributed by atoms with van der Waals surface area (Å²) in [5.41, 5.74) is 0.559. The maximum atomic E-state index is 15.2. The average Bonchev–Trinajstić information content (AvgIpc) is 3.44. The van der Waals surface area contributed by atoms with Crippen molar-refractivity contribution in [1.82, 2.24) is 29.0 Å². The van der Waals surface area contributed by atoms with Crippen LogP contribution in [-0.4, -0.2) is 85.8 Å². The Morgan fingerprint density at radius 1 is 1.30 bits per heavy atom. The number of carbonyl (C=O) groups excluding carboxylic acids is 1. The molecule has 37 heavy (non-hydrogen) atoms. The lowest BCUT2D eigenvalue weighted by molar-refractivity contribution is -0.136. The molecule has 196 valence electrons. The number of aliphatic hydroxyl groups is 1. The van der Waals surface area contributed by atoms with Crippen molar-refractivity contribution < 1.29 is 32.2 Å². The summed E-state index contributed by atoms with van der Waals surface area (Å²) in [5, 5.41) is 16.1. The molecule has 0 unspecified atom stereocenters. The third-order valence-corrected chi connectivity index (χ3v) is 6.38. The van der Waals surface area contributed by atoms with Gasteiger partial charge in [-0.2, -0.15) is 4.98 Å². The minimum atomic E-state index is -1.46. The molecule has 0 saturated carbocycles. The Morgan fingerprint density at radius 3 is 2.81 bits per heavy atom. The first-order valence-electron chi connectivity index (χ1n) is 11.5. The number of hydrogen-bond acceptors (Lipinski definition) is 7. The maximum absolute atomic E-state index is 15.2. The number of nitrogens with one attached hydrogen (secondary N) is 1. The van der Waals surface area contributed by atoms with E-state index in [1.807, 2.05) is 0 Å². The van der Waals surface area contributed by atoms with Gasteiger partial charge in [0, 0.05) is 6.54 Å². The van der Waals surface area contributed by atoms with Gasteiger partial charge in [-0.15, -0.1) is 5.10 Å². The van der Waals surface area contributed by atoms with Crippen molar-refractivity contribution in [3.05, 3.63) is 36.3 Å². The van der Waals surface area contributed by atoms with Gasteiger partial charge in [-0.05, 0) is 24.1 Å². The second-order valence-corrected chi connectivity index (χ2v) is 8.60. The Labute approximate surface area is 207 Å². The van der Waals surface area contributed by atoms with Crippen molar-refractivity contribution in [2.24, 2.45) is 0 Å². The Balaban J connectivity index is 1.51. The molecule has 1 fully saturated rings. The number of imidazole rings is 1. The zero-order chi connectivity index (χ0) is 26.3. The number of carbonyl (C=O) groups is 1. The Kier molecular flexibility index (Phi) is 6.58. The van der Waals surface area contributed by atoms with Gasteiger partial charge in [-0.1, -0.05) is 0 Å². The van der Waals surface area contributed by atoms with Gasteiger partial charge in [0.05, 0.1) is 49.8 Å². The fourth-order valence-corrected chi connectivity index (χ4v) is 4.59. The van der Waals surface area contributed by atoms with E-state index in [2.05, 4.69) is 20.4 Å². The van der Waals surface area contributed by atoms with E-state index in [1.165, 1.54) is 29.0 Å². The number of rotatable bonds is 7. The van der Waals surface area contributed by atoms with Crippen molar-refractivity contribution >= 4 is 28.4 Å². The quantitative estimate of drug-likeness (QED) is 0.360. The highest BCUT2D eigenvalue weighted by Gasteiger charge is 2.32. The molecular weight excluding hydrogens is 498 g/mol. The van der Waals surface area contributed by atoms with Crippen LogP contribution in [0.15, 0.2) is 24.7 Å². The van der Waals surface area contributed by atoms with Gasteiger partial charge in [0.1, 0.15) is 30.5 Å². The van der Waals surface area contributed by atoms with Crippen LogP contribution in [-0.2, 0) is 11.3 Å². The normalized spacial score (nSPS) is 18.1.